The van der Waals surface area contributed by atoms with E-state index in [-0.39, 0.29) is 46.9 Å². The van der Waals surface area contributed by atoms with Gasteiger partial charge in [0, 0.05) is 25.2 Å². The van der Waals surface area contributed by atoms with Crippen LogP contribution in [0.25, 0.3) is 10.9 Å². The van der Waals surface area contributed by atoms with Crippen LogP contribution in [-0.4, -0.2) is 30.2 Å². The average Bonchev–Trinajstić information content (AvgIpc) is 2.76. The number of carbonyl (C=O) groups is 1. The summed E-state index contributed by atoms with van der Waals surface area (Å²) in [5, 5.41) is 1.08. The van der Waals surface area contributed by atoms with E-state index >= 15 is 0 Å². The first-order valence-corrected chi connectivity index (χ1v) is 11.5. The number of fused-ring (bicyclic) bond motifs is 1. The molecule has 0 aliphatic rings. The van der Waals surface area contributed by atoms with E-state index in [1.165, 1.54) is 16.2 Å². The van der Waals surface area contributed by atoms with E-state index in [2.05, 4.69) is 11.6 Å². The van der Waals surface area contributed by atoms with Crippen molar-refractivity contribution in [1.82, 2.24) is 18.7 Å². The molecule has 174 valence electrons. The lowest BCUT2D eigenvalue weighted by molar-refractivity contribution is 0.102. The van der Waals surface area contributed by atoms with Crippen LogP contribution in [0.3, 0.4) is 0 Å². The van der Waals surface area contributed by atoms with Crippen LogP contribution in [0.15, 0.2) is 50.4 Å². The van der Waals surface area contributed by atoms with Crippen molar-refractivity contribution in [1.29, 1.82) is 0 Å². The van der Waals surface area contributed by atoms with E-state index in [0.717, 1.165) is 16.3 Å². The summed E-state index contributed by atoms with van der Waals surface area (Å²) < 4.78 is 3.50. The Hall–Kier alpha value is -3.11. The summed E-state index contributed by atoms with van der Waals surface area (Å²) in [5.41, 5.74) is 4.58. The average molecular weight is 490 g/mol. The Bertz CT molecular complexity index is 1440. The maximum atomic E-state index is 13.0. The van der Waals surface area contributed by atoms with Crippen molar-refractivity contribution in [2.24, 2.45) is 13.0 Å². The van der Waals surface area contributed by atoms with Gasteiger partial charge >= 0.3 is 5.69 Å². The molecule has 0 aliphatic carbocycles. The van der Waals surface area contributed by atoms with Crippen LogP contribution in [0.2, 0.25) is 5.02 Å². The number of rotatable bonds is 8. The van der Waals surface area contributed by atoms with Gasteiger partial charge in [-0.25, -0.2) is 9.78 Å². The molecule has 3 aromatic rings. The van der Waals surface area contributed by atoms with Crippen molar-refractivity contribution in [3.63, 3.8) is 0 Å². The van der Waals surface area contributed by atoms with Crippen LogP contribution in [0, 0.1) is 5.92 Å². The minimum absolute atomic E-state index is 0.0711. The highest BCUT2D eigenvalue weighted by Gasteiger charge is 2.23. The Morgan fingerprint density at radius 1 is 1.24 bits per heavy atom. The zero-order valence-electron chi connectivity index (χ0n) is 18.5. The van der Waals surface area contributed by atoms with Gasteiger partial charge < -0.3 is 5.73 Å². The zero-order valence-corrected chi connectivity index (χ0v) is 20.1. The fourth-order valence-corrected chi connectivity index (χ4v) is 4.41. The van der Waals surface area contributed by atoms with Crippen molar-refractivity contribution in [2.45, 2.75) is 32.1 Å². The lowest BCUT2D eigenvalue weighted by atomic mass is 10.2. The smallest absolute Gasteiger partial charge is 0.332 e. The molecular formula is C22H24ClN5O4S. The number of hydrogen-bond donors (Lipinski definition) is 1. The van der Waals surface area contributed by atoms with E-state index < -0.39 is 17.0 Å². The predicted octanol–water partition coefficient (Wildman–Crippen LogP) is 2.31. The quantitative estimate of drug-likeness (QED) is 0.223. The number of aromatic nitrogens is 4. The molecule has 2 heterocycles. The number of nitrogens with zero attached hydrogens (tertiary/aromatic N) is 4. The summed E-state index contributed by atoms with van der Waals surface area (Å²) >= 11 is 7.03. The summed E-state index contributed by atoms with van der Waals surface area (Å²) in [7, 11) is 1.31. The number of benzene rings is 1. The number of anilines is 1. The number of halogens is 1. The van der Waals surface area contributed by atoms with E-state index in [4.69, 9.17) is 17.3 Å². The monoisotopic (exact) mass is 489 g/mol. The molecule has 0 amide bonds. The van der Waals surface area contributed by atoms with E-state index in [0.29, 0.717) is 15.9 Å². The molecule has 0 saturated heterocycles. The van der Waals surface area contributed by atoms with E-state index in [1.807, 2.05) is 13.8 Å². The van der Waals surface area contributed by atoms with Crippen LogP contribution in [0.5, 0.6) is 0 Å². The molecule has 0 atom stereocenters. The van der Waals surface area contributed by atoms with Crippen LogP contribution < -0.4 is 22.5 Å². The first-order valence-electron chi connectivity index (χ1n) is 10.1. The third-order valence-corrected chi connectivity index (χ3v) is 6.15. The van der Waals surface area contributed by atoms with Gasteiger partial charge in [-0.2, -0.15) is 0 Å². The molecule has 33 heavy (non-hydrogen) atoms. The van der Waals surface area contributed by atoms with Gasteiger partial charge in [-0.1, -0.05) is 43.3 Å². The molecule has 0 unspecified atom stereocenters. The third kappa shape index (κ3) is 4.81. The summed E-state index contributed by atoms with van der Waals surface area (Å²) in [6.07, 6.45) is 1.55. The second-order valence-electron chi connectivity index (χ2n) is 7.88. The number of Topliss-reactive ketones (excluding diaryl/α,β-unsaturated/α-hetero) is 1. The van der Waals surface area contributed by atoms with Crippen molar-refractivity contribution >= 4 is 45.9 Å². The molecule has 0 spiro atoms. The van der Waals surface area contributed by atoms with Gasteiger partial charge in [0.05, 0.1) is 16.7 Å². The molecular weight excluding hydrogens is 466 g/mol. The van der Waals surface area contributed by atoms with Crippen molar-refractivity contribution in [2.75, 3.05) is 11.5 Å². The molecule has 2 aromatic heterocycles. The van der Waals surface area contributed by atoms with Crippen LogP contribution >= 0.6 is 23.4 Å². The SMILES string of the molecule is C=CCn1c(SCC(=O)c2c(N)n(CC(C)C)c(=O)n(C)c2=O)nc2cc(Cl)ccc2c1=O. The van der Waals surface area contributed by atoms with Gasteiger partial charge in [-0.3, -0.25) is 28.1 Å². The van der Waals surface area contributed by atoms with Crippen LogP contribution in [0.4, 0.5) is 5.82 Å². The third-order valence-electron chi connectivity index (χ3n) is 4.94. The summed E-state index contributed by atoms with van der Waals surface area (Å²) in [4.78, 5) is 55.6. The second kappa shape index (κ2) is 9.80. The lowest BCUT2D eigenvalue weighted by Gasteiger charge is -2.16. The second-order valence-corrected chi connectivity index (χ2v) is 9.26. The van der Waals surface area contributed by atoms with Gasteiger partial charge in [0.1, 0.15) is 11.4 Å². The molecule has 11 heteroatoms. The van der Waals surface area contributed by atoms with Crippen molar-refractivity contribution < 1.29 is 4.79 Å². The summed E-state index contributed by atoms with van der Waals surface area (Å²) in [5.74, 6) is -0.873. The van der Waals surface area contributed by atoms with Gasteiger partial charge in [0.15, 0.2) is 10.9 Å². The minimum atomic E-state index is -0.759. The maximum Gasteiger partial charge on any atom is 0.332 e. The molecule has 9 nitrogen and oxygen atoms in total. The summed E-state index contributed by atoms with van der Waals surface area (Å²) in [6, 6.07) is 4.76. The van der Waals surface area contributed by atoms with Gasteiger partial charge in [0.2, 0.25) is 0 Å². The van der Waals surface area contributed by atoms with Crippen LogP contribution in [-0.2, 0) is 20.1 Å². The predicted molar refractivity (Wildman–Crippen MR) is 131 cm³/mol. The highest BCUT2D eigenvalue weighted by atomic mass is 35.5. The number of carbonyl (C=O) groups excluding carboxylic acids is 1. The van der Waals surface area contributed by atoms with E-state index in [9.17, 15) is 19.2 Å². The molecule has 0 fully saturated rings. The Morgan fingerprint density at radius 2 is 1.94 bits per heavy atom. The van der Waals surface area contributed by atoms with Crippen molar-refractivity contribution in [3.05, 3.63) is 72.6 Å². The molecule has 2 N–H and O–H groups in total. The Morgan fingerprint density at radius 3 is 2.58 bits per heavy atom. The maximum absolute atomic E-state index is 13.0. The topological polar surface area (TPSA) is 122 Å². The summed E-state index contributed by atoms with van der Waals surface area (Å²) in [6.45, 7) is 7.91. The zero-order chi connectivity index (χ0) is 24.4. The molecule has 0 saturated carbocycles. The number of nitrogens with two attached hydrogens (primary N) is 1. The van der Waals surface area contributed by atoms with Gasteiger partial charge in [-0.15, -0.1) is 6.58 Å². The van der Waals surface area contributed by atoms with Crippen molar-refractivity contribution in [3.8, 4) is 0 Å². The highest BCUT2D eigenvalue weighted by molar-refractivity contribution is 7.99. The largest absolute Gasteiger partial charge is 0.384 e. The fraction of sp³-hybridized carbons (Fsp3) is 0.318. The Labute approximate surface area is 198 Å². The molecule has 3 rings (SSSR count). The van der Waals surface area contributed by atoms with Gasteiger partial charge in [-0.05, 0) is 24.1 Å². The number of allylic oxidation sites excluding steroid dienone is 1. The number of thioether (sulfide) groups is 1. The minimum Gasteiger partial charge on any atom is -0.384 e. The van der Waals surface area contributed by atoms with Gasteiger partial charge in [0.25, 0.3) is 11.1 Å². The first kappa shape index (κ1) is 24.5. The van der Waals surface area contributed by atoms with E-state index in [1.54, 1.807) is 24.3 Å². The standard InChI is InChI=1S/C22H24ClN5O4S/c1-5-8-27-19(30)14-7-6-13(23)9-15(14)25-21(27)33-11-16(29)17-18(24)28(10-12(2)3)22(32)26(4)20(17)31/h5-7,9,12H,1,8,10-11,24H2,2-4H3. The molecule has 1 aromatic carbocycles. The first-order chi connectivity index (χ1) is 15.6. The highest BCUT2D eigenvalue weighted by Crippen LogP contribution is 2.22. The van der Waals surface area contributed by atoms with Crippen LogP contribution in [0.1, 0.15) is 24.2 Å². The Balaban J connectivity index is 2.04. The number of hydrogen-bond acceptors (Lipinski definition) is 7. The Kier molecular flexibility index (Phi) is 7.28. The lowest BCUT2D eigenvalue weighted by Crippen LogP contribution is -2.43. The fourth-order valence-electron chi connectivity index (χ4n) is 3.36. The molecule has 0 bridgehead atoms. The molecule has 0 radical (unpaired) electrons. The number of nitrogen functional groups attached to an aromatic ring is 1. The normalized spacial score (nSPS) is 11.3. The molecule has 0 aliphatic heterocycles. The number of ketones is 1.